The number of halogens is 4. The Bertz CT molecular complexity index is 641. The van der Waals surface area contributed by atoms with Gasteiger partial charge in [0.2, 0.25) is 5.91 Å². The Morgan fingerprint density at radius 1 is 1.00 bits per heavy atom. The lowest BCUT2D eigenvalue weighted by Gasteiger charge is -2.08. The van der Waals surface area contributed by atoms with Gasteiger partial charge in [-0.3, -0.25) is 4.79 Å². The molecule has 0 aliphatic heterocycles. The lowest BCUT2D eigenvalue weighted by atomic mass is 10.2. The highest BCUT2D eigenvalue weighted by atomic mass is 35.5. The number of nitrogens with one attached hydrogen (secondary N) is 1. The fraction of sp³-hybridized carbons (Fsp3) is 0.133. The van der Waals surface area contributed by atoms with E-state index in [-0.39, 0.29) is 11.8 Å². The first-order chi connectivity index (χ1) is 10.4. The molecule has 2 rings (SSSR count). The number of carbonyl (C=O) groups excluding carboxylic acids is 1. The fourth-order valence-electron chi connectivity index (χ4n) is 1.65. The Morgan fingerprint density at radius 2 is 1.50 bits per heavy atom. The first kappa shape index (κ1) is 16.7. The first-order valence-corrected chi connectivity index (χ1v) is 7.54. The second kappa shape index (κ2) is 7.07. The third kappa shape index (κ3) is 4.68. The number of carbonyl (C=O) groups is 1. The predicted molar refractivity (Wildman–Crippen MR) is 81.4 cm³/mol. The van der Waals surface area contributed by atoms with Crippen LogP contribution >= 0.6 is 23.4 Å². The van der Waals surface area contributed by atoms with Crippen LogP contribution in [-0.4, -0.2) is 11.8 Å². The van der Waals surface area contributed by atoms with Gasteiger partial charge in [0, 0.05) is 15.5 Å². The Balaban J connectivity index is 2.03. The maximum absolute atomic E-state index is 12.5. The van der Waals surface area contributed by atoms with Crippen LogP contribution in [0.2, 0.25) is 0 Å². The van der Waals surface area contributed by atoms with Crippen molar-refractivity contribution < 1.29 is 18.0 Å². The minimum Gasteiger partial charge on any atom is -0.325 e. The number of hydrogen-bond acceptors (Lipinski definition) is 2. The Morgan fingerprint density at radius 3 is 1.95 bits per heavy atom. The van der Waals surface area contributed by atoms with Crippen LogP contribution in [-0.2, 0) is 11.0 Å². The Hall–Kier alpha value is -1.66. The maximum Gasteiger partial charge on any atom is 0.416 e. The molecule has 0 saturated carbocycles. The van der Waals surface area contributed by atoms with Crippen LogP contribution in [0.5, 0.6) is 0 Å². The molecule has 2 nitrogen and oxygen atoms in total. The largest absolute Gasteiger partial charge is 0.416 e. The molecule has 0 aromatic heterocycles. The molecule has 7 heteroatoms. The molecule has 0 unspecified atom stereocenters. The molecule has 116 valence electrons. The first-order valence-electron chi connectivity index (χ1n) is 6.19. The molecule has 2 aromatic rings. The fourth-order valence-corrected chi connectivity index (χ4v) is 2.53. The summed E-state index contributed by atoms with van der Waals surface area (Å²) in [6.07, 6.45) is -4.33. The number of anilines is 1. The van der Waals surface area contributed by atoms with Gasteiger partial charge in [-0.05, 0) is 48.5 Å². The second-order valence-corrected chi connectivity index (χ2v) is 5.74. The molecule has 22 heavy (non-hydrogen) atoms. The molecule has 1 N–H and O–H groups in total. The maximum atomic E-state index is 12.5. The van der Waals surface area contributed by atoms with Crippen LogP contribution in [0.1, 0.15) is 5.56 Å². The quantitative estimate of drug-likeness (QED) is 0.787. The van der Waals surface area contributed by atoms with Gasteiger partial charge < -0.3 is 5.32 Å². The van der Waals surface area contributed by atoms with Crippen molar-refractivity contribution in [1.82, 2.24) is 0 Å². The monoisotopic (exact) mass is 345 g/mol. The minimum atomic E-state index is -4.33. The van der Waals surface area contributed by atoms with Crippen LogP contribution < -0.4 is 5.32 Å². The van der Waals surface area contributed by atoms with Gasteiger partial charge >= 0.3 is 6.18 Å². The van der Waals surface area contributed by atoms with Crippen molar-refractivity contribution in [3.05, 3.63) is 54.1 Å². The van der Waals surface area contributed by atoms with E-state index in [0.29, 0.717) is 10.6 Å². The molecule has 0 bridgehead atoms. The standard InChI is InChI=1S/C15H11ClF3NOS/c16-9-14(21)20-11-3-7-13(8-4-11)22-12-5-1-10(2-6-12)15(17,18)19/h1-8H,9H2,(H,20,21). The van der Waals surface area contributed by atoms with E-state index in [1.165, 1.54) is 23.9 Å². The van der Waals surface area contributed by atoms with Gasteiger partial charge in [0.25, 0.3) is 0 Å². The minimum absolute atomic E-state index is 0.123. The normalized spacial score (nSPS) is 11.3. The van der Waals surface area contributed by atoms with E-state index < -0.39 is 11.7 Å². The molecule has 0 radical (unpaired) electrons. The zero-order valence-corrected chi connectivity index (χ0v) is 12.7. The van der Waals surface area contributed by atoms with E-state index in [1.807, 2.05) is 0 Å². The van der Waals surface area contributed by atoms with Crippen molar-refractivity contribution in [3.8, 4) is 0 Å². The zero-order valence-electron chi connectivity index (χ0n) is 11.2. The third-order valence-corrected chi connectivity index (χ3v) is 3.94. The van der Waals surface area contributed by atoms with E-state index in [1.54, 1.807) is 24.3 Å². The summed E-state index contributed by atoms with van der Waals surface area (Å²) in [6, 6.07) is 11.9. The molecule has 0 atom stereocenters. The summed E-state index contributed by atoms with van der Waals surface area (Å²) < 4.78 is 37.4. The van der Waals surface area contributed by atoms with E-state index in [4.69, 9.17) is 11.6 Å². The average molecular weight is 346 g/mol. The summed E-state index contributed by atoms with van der Waals surface area (Å²) in [5.41, 5.74) is -0.0570. The number of amides is 1. The van der Waals surface area contributed by atoms with Crippen LogP contribution in [0.3, 0.4) is 0 Å². The molecule has 0 fully saturated rings. The zero-order chi connectivity index (χ0) is 16.2. The smallest absolute Gasteiger partial charge is 0.325 e. The van der Waals surface area contributed by atoms with Gasteiger partial charge in [0.15, 0.2) is 0 Å². The number of alkyl halides is 4. The third-order valence-electron chi connectivity index (χ3n) is 2.68. The molecule has 0 aliphatic rings. The van der Waals surface area contributed by atoms with Gasteiger partial charge in [-0.2, -0.15) is 13.2 Å². The second-order valence-electron chi connectivity index (χ2n) is 4.33. The van der Waals surface area contributed by atoms with Gasteiger partial charge in [-0.15, -0.1) is 11.6 Å². The van der Waals surface area contributed by atoms with Crippen LogP contribution in [0.4, 0.5) is 18.9 Å². The molecular formula is C15H11ClF3NOS. The molecule has 0 heterocycles. The van der Waals surface area contributed by atoms with Crippen molar-refractivity contribution in [2.75, 3.05) is 11.2 Å². The van der Waals surface area contributed by atoms with Crippen LogP contribution in [0, 0.1) is 0 Å². The highest BCUT2D eigenvalue weighted by molar-refractivity contribution is 7.99. The van der Waals surface area contributed by atoms with Gasteiger partial charge in [-0.25, -0.2) is 0 Å². The summed E-state index contributed by atoms with van der Waals surface area (Å²) in [5.74, 6) is -0.424. The van der Waals surface area contributed by atoms with Crippen molar-refractivity contribution >= 4 is 35.0 Å². The number of hydrogen-bond donors (Lipinski definition) is 1. The van der Waals surface area contributed by atoms with E-state index in [0.717, 1.165) is 17.0 Å². The SMILES string of the molecule is O=C(CCl)Nc1ccc(Sc2ccc(C(F)(F)F)cc2)cc1. The summed E-state index contributed by atoms with van der Waals surface area (Å²) in [6.45, 7) is 0. The lowest BCUT2D eigenvalue weighted by molar-refractivity contribution is -0.137. The molecular weight excluding hydrogens is 335 g/mol. The van der Waals surface area contributed by atoms with Gasteiger partial charge in [0.05, 0.1) is 5.56 Å². The Labute approximate surface area is 134 Å². The average Bonchev–Trinajstić information content (AvgIpc) is 2.49. The summed E-state index contributed by atoms with van der Waals surface area (Å²) in [7, 11) is 0. The van der Waals surface area contributed by atoms with Crippen molar-refractivity contribution in [1.29, 1.82) is 0 Å². The summed E-state index contributed by atoms with van der Waals surface area (Å²) in [4.78, 5) is 12.7. The van der Waals surface area contributed by atoms with Gasteiger partial charge in [-0.1, -0.05) is 11.8 Å². The molecule has 0 saturated heterocycles. The molecule has 2 aromatic carbocycles. The van der Waals surface area contributed by atoms with Crippen molar-refractivity contribution in [2.24, 2.45) is 0 Å². The lowest BCUT2D eigenvalue weighted by Crippen LogP contribution is -2.12. The van der Waals surface area contributed by atoms with E-state index >= 15 is 0 Å². The summed E-state index contributed by atoms with van der Waals surface area (Å²) in [5, 5.41) is 2.60. The molecule has 0 aliphatic carbocycles. The predicted octanol–water partition coefficient (Wildman–Crippen LogP) is 5.03. The van der Waals surface area contributed by atoms with E-state index in [9.17, 15) is 18.0 Å². The van der Waals surface area contributed by atoms with Crippen LogP contribution in [0.15, 0.2) is 58.3 Å². The van der Waals surface area contributed by atoms with Crippen molar-refractivity contribution in [2.45, 2.75) is 16.0 Å². The Kier molecular flexibility index (Phi) is 5.37. The summed E-state index contributed by atoms with van der Waals surface area (Å²) >= 11 is 6.72. The van der Waals surface area contributed by atoms with Crippen molar-refractivity contribution in [3.63, 3.8) is 0 Å². The van der Waals surface area contributed by atoms with Crippen LogP contribution in [0.25, 0.3) is 0 Å². The highest BCUT2D eigenvalue weighted by Gasteiger charge is 2.29. The topological polar surface area (TPSA) is 29.1 Å². The number of rotatable bonds is 4. The molecule has 1 amide bonds. The molecule has 0 spiro atoms. The van der Waals surface area contributed by atoms with Gasteiger partial charge in [0.1, 0.15) is 5.88 Å². The van der Waals surface area contributed by atoms with E-state index in [2.05, 4.69) is 5.32 Å². The number of benzene rings is 2. The highest BCUT2D eigenvalue weighted by Crippen LogP contribution is 2.33.